The molecule has 55 heavy (non-hydrogen) atoms. The fraction of sp³-hybridized carbons (Fsp3) is 0.200. The van der Waals surface area contributed by atoms with Crippen molar-refractivity contribution in [2.45, 2.75) is 24.2 Å². The Morgan fingerprint density at radius 1 is 0.727 bits per heavy atom. The molecule has 0 bridgehead atoms. The lowest BCUT2D eigenvalue weighted by Crippen LogP contribution is -2.53. The number of carbonyl (C=O) groups is 4. The maximum absolute atomic E-state index is 15.4. The Morgan fingerprint density at radius 2 is 1.44 bits per heavy atom. The number of hydrogen-bond donors (Lipinski definition) is 2. The van der Waals surface area contributed by atoms with Gasteiger partial charge in [-0.3, -0.25) is 24.1 Å². The Morgan fingerprint density at radius 3 is 2.13 bits per heavy atom. The number of ether oxygens (including phenoxy) is 1. The molecule has 9 nitrogen and oxygen atoms in total. The van der Waals surface area contributed by atoms with Gasteiger partial charge in [0, 0.05) is 33.9 Å². The number of amides is 4. The van der Waals surface area contributed by atoms with Crippen LogP contribution in [0.1, 0.15) is 29.9 Å². The molecule has 0 aromatic heterocycles. The van der Waals surface area contributed by atoms with E-state index in [0.29, 0.717) is 33.3 Å². The first-order chi connectivity index (χ1) is 26.7. The summed E-state index contributed by atoms with van der Waals surface area (Å²) in [5, 5.41) is 15.4. The van der Waals surface area contributed by atoms with Crippen molar-refractivity contribution in [1.82, 2.24) is 0 Å². The molecule has 6 unspecified atom stereocenters. The Kier molecular flexibility index (Phi) is 8.35. The van der Waals surface area contributed by atoms with E-state index in [9.17, 15) is 19.5 Å². The minimum absolute atomic E-state index is 0.108. The zero-order chi connectivity index (χ0) is 38.0. The summed E-state index contributed by atoms with van der Waals surface area (Å²) >= 11 is 6.42. The molecule has 6 atom stereocenters. The smallest absolute Gasteiger partial charge is 0.246 e. The number of halogens is 1. The molecule has 2 aliphatic carbocycles. The molecule has 2 aliphatic heterocycles. The SMILES string of the molecule is COc1ccc(C2C3=CCC4C(=O)N(c5ccc(Nc6ccccc6)cc5)C(=O)C4C3CC3C(=O)N(c4cccc(Cl)c4)C(=O)C32c2ccccc2)c(O)c1. The van der Waals surface area contributed by atoms with Crippen LogP contribution in [0.25, 0.3) is 0 Å². The van der Waals surface area contributed by atoms with Crippen LogP contribution in [-0.4, -0.2) is 35.8 Å². The topological polar surface area (TPSA) is 116 Å². The number of anilines is 4. The summed E-state index contributed by atoms with van der Waals surface area (Å²) in [6.07, 6.45) is 2.38. The van der Waals surface area contributed by atoms with Gasteiger partial charge in [0.15, 0.2) is 0 Å². The number of phenols is 1. The summed E-state index contributed by atoms with van der Waals surface area (Å²) in [7, 11) is 1.50. The molecule has 9 rings (SSSR count). The Bertz CT molecular complexity index is 2400. The number of rotatable bonds is 7. The van der Waals surface area contributed by atoms with E-state index in [-0.39, 0.29) is 30.4 Å². The van der Waals surface area contributed by atoms with Crippen molar-refractivity contribution in [2.24, 2.45) is 23.7 Å². The van der Waals surface area contributed by atoms with Gasteiger partial charge in [0.05, 0.1) is 41.7 Å². The third-order valence-corrected chi connectivity index (χ3v) is 12.1. The van der Waals surface area contributed by atoms with Crippen LogP contribution in [-0.2, 0) is 24.6 Å². The zero-order valence-corrected chi connectivity index (χ0v) is 30.5. The van der Waals surface area contributed by atoms with Crippen LogP contribution < -0.4 is 19.9 Å². The number of phenolic OH excluding ortho intramolecular Hbond substituents is 1. The molecule has 4 amide bonds. The quantitative estimate of drug-likeness (QED) is 0.127. The first-order valence-electron chi connectivity index (χ1n) is 18.3. The van der Waals surface area contributed by atoms with Gasteiger partial charge in [0.1, 0.15) is 11.5 Å². The predicted octanol–water partition coefficient (Wildman–Crippen LogP) is 8.16. The van der Waals surface area contributed by atoms with Crippen LogP contribution >= 0.6 is 11.6 Å². The van der Waals surface area contributed by atoms with Gasteiger partial charge >= 0.3 is 0 Å². The molecular weight excluding hydrogens is 714 g/mol. The van der Waals surface area contributed by atoms with Crippen LogP contribution in [0.4, 0.5) is 22.7 Å². The number of nitrogens with zero attached hydrogens (tertiary/aromatic N) is 2. The number of benzene rings is 5. The van der Waals surface area contributed by atoms with Gasteiger partial charge in [-0.05, 0) is 85.0 Å². The Hall–Kier alpha value is -6.19. The summed E-state index contributed by atoms with van der Waals surface area (Å²) in [4.78, 5) is 61.8. The van der Waals surface area contributed by atoms with Gasteiger partial charge in [0.2, 0.25) is 23.6 Å². The standard InChI is InChI=1S/C45H36ClN3O6/c1-55-32-19-20-34(38(50)24-32)40-33-21-22-35-39(43(53)48(41(35)51)30-17-15-29(16-18-30)47-28-12-6-3-7-13-28)36(33)25-37-42(52)49(31-14-8-11-27(46)23-31)44(54)45(37,40)26-9-4-2-5-10-26/h2-21,23-24,35-37,39-40,47,50H,22,25H2,1H3. The maximum atomic E-state index is 15.4. The van der Waals surface area contributed by atoms with Crippen molar-refractivity contribution in [1.29, 1.82) is 0 Å². The van der Waals surface area contributed by atoms with E-state index in [0.717, 1.165) is 16.9 Å². The number of hydrogen-bond acceptors (Lipinski definition) is 7. The molecule has 1 saturated carbocycles. The second kappa shape index (κ2) is 13.3. The third kappa shape index (κ3) is 5.28. The van der Waals surface area contributed by atoms with Crippen molar-refractivity contribution in [2.75, 3.05) is 22.2 Å². The van der Waals surface area contributed by atoms with Gasteiger partial charge < -0.3 is 15.2 Å². The molecule has 10 heteroatoms. The van der Waals surface area contributed by atoms with Crippen LogP contribution in [0.15, 0.2) is 139 Å². The van der Waals surface area contributed by atoms with E-state index in [1.165, 1.54) is 23.0 Å². The molecule has 5 aromatic rings. The van der Waals surface area contributed by atoms with E-state index >= 15 is 4.79 Å². The van der Waals surface area contributed by atoms with E-state index in [2.05, 4.69) is 5.32 Å². The van der Waals surface area contributed by atoms with Gasteiger partial charge in [-0.25, -0.2) is 4.90 Å². The van der Waals surface area contributed by atoms with Crippen molar-refractivity contribution in [3.05, 3.63) is 155 Å². The first kappa shape index (κ1) is 34.6. The normalized spacial score (nSPS) is 25.6. The van der Waals surface area contributed by atoms with E-state index in [4.69, 9.17) is 16.3 Å². The highest BCUT2D eigenvalue weighted by Gasteiger charge is 2.70. The summed E-state index contributed by atoms with van der Waals surface area (Å²) in [6, 6.07) is 37.7. The number of methoxy groups -OCH3 is 1. The second-order valence-electron chi connectivity index (χ2n) is 14.6. The van der Waals surface area contributed by atoms with Crippen molar-refractivity contribution in [3.8, 4) is 11.5 Å². The van der Waals surface area contributed by atoms with Gasteiger partial charge in [-0.1, -0.05) is 83.9 Å². The van der Waals surface area contributed by atoms with Crippen LogP contribution in [0.3, 0.4) is 0 Å². The number of imide groups is 2. The van der Waals surface area contributed by atoms with E-state index < -0.39 is 46.8 Å². The molecule has 0 spiro atoms. The lowest BCUT2D eigenvalue weighted by Gasteiger charge is -2.50. The summed E-state index contributed by atoms with van der Waals surface area (Å²) in [5.74, 6) is -5.04. The van der Waals surface area contributed by atoms with Crippen LogP contribution in [0.5, 0.6) is 11.5 Å². The van der Waals surface area contributed by atoms with Gasteiger partial charge in [0.25, 0.3) is 0 Å². The third-order valence-electron chi connectivity index (χ3n) is 11.9. The van der Waals surface area contributed by atoms with Crippen LogP contribution in [0.2, 0.25) is 5.02 Å². The minimum Gasteiger partial charge on any atom is -0.508 e. The lowest BCUT2D eigenvalue weighted by molar-refractivity contribution is -0.127. The fourth-order valence-corrected chi connectivity index (χ4v) is 9.80. The first-order valence-corrected chi connectivity index (χ1v) is 18.7. The number of carbonyl (C=O) groups excluding carboxylic acids is 4. The highest BCUT2D eigenvalue weighted by atomic mass is 35.5. The molecule has 5 aromatic carbocycles. The van der Waals surface area contributed by atoms with Crippen molar-refractivity contribution < 1.29 is 29.0 Å². The Balaban J connectivity index is 1.17. The molecule has 2 N–H and O–H groups in total. The highest BCUT2D eigenvalue weighted by molar-refractivity contribution is 6.32. The lowest BCUT2D eigenvalue weighted by atomic mass is 9.49. The number of para-hydroxylation sites is 1. The van der Waals surface area contributed by atoms with Crippen molar-refractivity contribution >= 4 is 58.0 Å². The predicted molar refractivity (Wildman–Crippen MR) is 209 cm³/mol. The molecule has 4 aliphatic rings. The monoisotopic (exact) mass is 749 g/mol. The molecule has 0 radical (unpaired) electrons. The van der Waals surface area contributed by atoms with E-state index in [1.54, 1.807) is 48.5 Å². The summed E-state index contributed by atoms with van der Waals surface area (Å²) in [6.45, 7) is 0. The fourth-order valence-electron chi connectivity index (χ4n) is 9.62. The van der Waals surface area contributed by atoms with E-state index in [1.807, 2.05) is 78.9 Å². The number of aromatic hydroxyl groups is 1. The molecule has 3 fully saturated rings. The molecule has 2 heterocycles. The average Bonchev–Trinajstić information content (AvgIpc) is 3.59. The number of allylic oxidation sites excluding steroid dienone is 2. The number of fused-ring (bicyclic) bond motifs is 4. The zero-order valence-electron chi connectivity index (χ0n) is 29.8. The van der Waals surface area contributed by atoms with Gasteiger partial charge in [-0.15, -0.1) is 0 Å². The Labute approximate surface area is 322 Å². The molecule has 274 valence electrons. The average molecular weight is 750 g/mol. The maximum Gasteiger partial charge on any atom is 0.246 e. The highest BCUT2D eigenvalue weighted by Crippen LogP contribution is 2.65. The summed E-state index contributed by atoms with van der Waals surface area (Å²) < 4.78 is 5.43. The van der Waals surface area contributed by atoms with Crippen molar-refractivity contribution in [3.63, 3.8) is 0 Å². The second-order valence-corrected chi connectivity index (χ2v) is 15.0. The van der Waals surface area contributed by atoms with Gasteiger partial charge in [-0.2, -0.15) is 0 Å². The van der Waals surface area contributed by atoms with Crippen LogP contribution in [0, 0.1) is 23.7 Å². The molecule has 2 saturated heterocycles. The number of nitrogens with one attached hydrogen (secondary N) is 1. The molecular formula is C45H36ClN3O6. The largest absolute Gasteiger partial charge is 0.508 e. The minimum atomic E-state index is -1.51. The summed E-state index contributed by atoms with van der Waals surface area (Å²) in [5.41, 5.74) is 2.79.